The van der Waals surface area contributed by atoms with Gasteiger partial charge in [0.1, 0.15) is 18.8 Å². The summed E-state index contributed by atoms with van der Waals surface area (Å²) in [5.41, 5.74) is 0.555. The Balaban J connectivity index is 1.49. The van der Waals surface area contributed by atoms with Crippen LogP contribution in [0.25, 0.3) is 0 Å². The first kappa shape index (κ1) is 40.7. The van der Waals surface area contributed by atoms with Crippen LogP contribution in [0.1, 0.15) is 78.2 Å². The van der Waals surface area contributed by atoms with Gasteiger partial charge < -0.3 is 34.4 Å². The first-order valence-electron chi connectivity index (χ1n) is 18.3. The summed E-state index contributed by atoms with van der Waals surface area (Å²) >= 11 is 0. The third kappa shape index (κ3) is 11.7. The first-order valence-corrected chi connectivity index (χ1v) is 20.6. The van der Waals surface area contributed by atoms with E-state index in [-0.39, 0.29) is 56.1 Å². The van der Waals surface area contributed by atoms with Gasteiger partial charge in [-0.1, -0.05) is 51.1 Å². The number of fused-ring (bicyclic) bond motifs is 1. The number of carbonyl (C=O) groups is 4. The minimum Gasteiger partial charge on any atom is -0.445 e. The fourth-order valence-corrected chi connectivity index (χ4v) is 8.31. The van der Waals surface area contributed by atoms with Gasteiger partial charge in [0.15, 0.2) is 12.3 Å². The van der Waals surface area contributed by atoms with Gasteiger partial charge in [-0.25, -0.2) is 4.79 Å². The van der Waals surface area contributed by atoms with Crippen molar-refractivity contribution in [3.05, 3.63) is 35.9 Å². The SMILES string of the molecule is CCOP(C)(=O)CC(=O)N1O[C@H](CCCCNC(=O)OCc2ccccc2)C(=O)N2[C@@H]1CN([C@@H]1CCN(CCCCO)C1)C(=O)[C@@H]2CC(C)(C)C. The van der Waals surface area contributed by atoms with E-state index in [0.717, 1.165) is 31.5 Å². The number of hydroxylamine groups is 2. The number of unbranched alkanes of at least 4 members (excludes halogenated alkanes) is 2. The average molecular weight is 736 g/mol. The Hall–Kier alpha value is -3.03. The highest BCUT2D eigenvalue weighted by molar-refractivity contribution is 7.59. The van der Waals surface area contributed by atoms with E-state index < -0.39 is 43.8 Å². The number of alkyl carbamates (subject to hydrolysis) is 1. The van der Waals surface area contributed by atoms with Crippen LogP contribution >= 0.6 is 7.37 Å². The number of rotatable bonds is 17. The van der Waals surface area contributed by atoms with Crippen molar-refractivity contribution < 1.29 is 42.9 Å². The number of ether oxygens (including phenoxy) is 1. The summed E-state index contributed by atoms with van der Waals surface area (Å²) in [6, 6.07) is 8.44. The summed E-state index contributed by atoms with van der Waals surface area (Å²) in [5, 5.41) is 13.1. The summed E-state index contributed by atoms with van der Waals surface area (Å²) in [4.78, 5) is 66.6. The fraction of sp³-hybridized carbons (Fsp3) is 0.722. The molecule has 0 radical (unpaired) electrons. The molecule has 4 amide bonds. The van der Waals surface area contributed by atoms with Gasteiger partial charge in [-0.15, -0.1) is 0 Å². The maximum absolute atomic E-state index is 14.4. The number of likely N-dealkylation sites (tertiary alicyclic amines) is 1. The number of carbonyl (C=O) groups excluding carboxylic acids is 4. The molecule has 15 heteroatoms. The standard InChI is InChI=1S/C36H58N5O9P/c1-6-49-51(5,47)26-32(43)41-31-24-39(28-17-20-38(23-28)19-12-13-21-42)33(44)29(22-36(2,3)4)40(31)34(45)30(50-41)16-10-11-18-37-35(46)48-25-27-14-8-7-9-15-27/h7-9,14-15,28-31,42H,6,10-13,16-26H2,1-5H3,(H,37,46)/t28-,29+,30-,31+,51?/m1/s1. The van der Waals surface area contributed by atoms with Crippen molar-refractivity contribution >= 4 is 31.2 Å². The second-order valence-electron chi connectivity index (χ2n) is 15.1. The van der Waals surface area contributed by atoms with Crippen LogP contribution in [0.2, 0.25) is 0 Å². The fourth-order valence-electron chi connectivity index (χ4n) is 7.04. The van der Waals surface area contributed by atoms with Gasteiger partial charge >= 0.3 is 6.09 Å². The highest BCUT2D eigenvalue weighted by Gasteiger charge is 2.55. The maximum Gasteiger partial charge on any atom is 0.407 e. The van der Waals surface area contributed by atoms with Crippen LogP contribution in [0.15, 0.2) is 30.3 Å². The van der Waals surface area contributed by atoms with Gasteiger partial charge in [0, 0.05) is 38.9 Å². The molecule has 3 saturated heterocycles. The van der Waals surface area contributed by atoms with Gasteiger partial charge in [-0.05, 0) is 69.4 Å². The van der Waals surface area contributed by atoms with Crippen molar-refractivity contribution in [3.8, 4) is 0 Å². The van der Waals surface area contributed by atoms with Crippen LogP contribution in [-0.4, -0.2) is 132 Å². The van der Waals surface area contributed by atoms with Crippen LogP contribution in [-0.2, 0) is 39.7 Å². The zero-order chi connectivity index (χ0) is 37.2. The molecular formula is C36H58N5O9P. The molecule has 0 aliphatic carbocycles. The Morgan fingerprint density at radius 1 is 1.06 bits per heavy atom. The monoisotopic (exact) mass is 735 g/mol. The summed E-state index contributed by atoms with van der Waals surface area (Å²) in [6.45, 7) is 12.4. The van der Waals surface area contributed by atoms with Gasteiger partial charge in [0.25, 0.3) is 11.8 Å². The molecule has 0 aromatic heterocycles. The average Bonchev–Trinajstić information content (AvgIpc) is 3.54. The lowest BCUT2D eigenvalue weighted by molar-refractivity contribution is -0.276. The van der Waals surface area contributed by atoms with Crippen LogP contribution in [0.5, 0.6) is 0 Å². The number of hydrogen-bond acceptors (Lipinski definition) is 10. The lowest BCUT2D eigenvalue weighted by Gasteiger charge is -2.54. The summed E-state index contributed by atoms with van der Waals surface area (Å²) in [6.07, 6.45) is 1.08. The molecule has 2 N–H and O–H groups in total. The molecule has 4 rings (SSSR count). The van der Waals surface area contributed by atoms with Crippen molar-refractivity contribution in [1.29, 1.82) is 0 Å². The molecule has 3 heterocycles. The number of nitrogens with one attached hydrogen (secondary N) is 1. The third-order valence-electron chi connectivity index (χ3n) is 9.45. The molecule has 3 fully saturated rings. The predicted molar refractivity (Wildman–Crippen MR) is 192 cm³/mol. The van der Waals surface area contributed by atoms with Gasteiger partial charge in [0.2, 0.25) is 13.3 Å². The minimum absolute atomic E-state index is 0.0798. The largest absolute Gasteiger partial charge is 0.445 e. The predicted octanol–water partition coefficient (Wildman–Crippen LogP) is 3.82. The molecule has 5 atom stereocenters. The Bertz CT molecular complexity index is 1380. The van der Waals surface area contributed by atoms with E-state index in [2.05, 4.69) is 10.2 Å². The maximum atomic E-state index is 14.4. The zero-order valence-corrected chi connectivity index (χ0v) is 31.9. The van der Waals surface area contributed by atoms with Gasteiger partial charge in [-0.2, -0.15) is 5.06 Å². The first-order chi connectivity index (χ1) is 24.2. The van der Waals surface area contributed by atoms with E-state index in [9.17, 15) is 28.8 Å². The molecule has 1 unspecified atom stereocenters. The van der Waals surface area contributed by atoms with Crippen molar-refractivity contribution in [2.45, 2.75) is 104 Å². The van der Waals surface area contributed by atoms with E-state index in [4.69, 9.17) is 14.1 Å². The molecule has 51 heavy (non-hydrogen) atoms. The number of aliphatic hydroxyl groups is 1. The van der Waals surface area contributed by atoms with Crippen LogP contribution in [0.4, 0.5) is 4.79 Å². The van der Waals surface area contributed by atoms with E-state index in [0.29, 0.717) is 38.8 Å². The second-order valence-corrected chi connectivity index (χ2v) is 17.7. The van der Waals surface area contributed by atoms with Crippen molar-refractivity contribution in [2.24, 2.45) is 5.41 Å². The van der Waals surface area contributed by atoms with Crippen molar-refractivity contribution in [2.75, 3.05) is 58.8 Å². The molecular weight excluding hydrogens is 677 g/mol. The summed E-state index contributed by atoms with van der Waals surface area (Å²) < 4.78 is 23.9. The second kappa shape index (κ2) is 18.6. The topological polar surface area (TPSA) is 158 Å². The minimum atomic E-state index is -3.31. The smallest absolute Gasteiger partial charge is 0.407 e. The lowest BCUT2D eigenvalue weighted by Crippen LogP contribution is -2.74. The number of aliphatic hydroxyl groups excluding tert-OH is 1. The van der Waals surface area contributed by atoms with E-state index in [1.807, 2.05) is 56.0 Å². The molecule has 0 saturated carbocycles. The Morgan fingerprint density at radius 2 is 1.80 bits per heavy atom. The summed E-state index contributed by atoms with van der Waals surface area (Å²) in [7, 11) is -3.31. The van der Waals surface area contributed by atoms with Gasteiger partial charge in [-0.3, -0.25) is 23.8 Å². The number of amides is 4. The van der Waals surface area contributed by atoms with Crippen molar-refractivity contribution in [3.63, 3.8) is 0 Å². The van der Waals surface area contributed by atoms with Crippen LogP contribution in [0, 0.1) is 5.41 Å². The Kier molecular flexibility index (Phi) is 14.9. The molecule has 286 valence electrons. The molecule has 14 nitrogen and oxygen atoms in total. The quantitative estimate of drug-likeness (QED) is 0.178. The highest BCUT2D eigenvalue weighted by atomic mass is 31.2. The molecule has 3 aliphatic heterocycles. The van der Waals surface area contributed by atoms with E-state index >= 15 is 0 Å². The molecule has 0 bridgehead atoms. The molecule has 1 aromatic rings. The molecule has 3 aliphatic rings. The number of hydrogen-bond donors (Lipinski definition) is 2. The Labute approximate surface area is 302 Å². The summed E-state index contributed by atoms with van der Waals surface area (Å²) in [5.74, 6) is -1.06. The van der Waals surface area contributed by atoms with Crippen molar-refractivity contribution in [1.82, 2.24) is 25.1 Å². The highest BCUT2D eigenvalue weighted by Crippen LogP contribution is 2.43. The number of benzene rings is 1. The van der Waals surface area contributed by atoms with Crippen LogP contribution < -0.4 is 5.32 Å². The molecule has 1 aromatic carbocycles. The Morgan fingerprint density at radius 3 is 2.49 bits per heavy atom. The number of piperazine rings is 1. The normalized spacial score (nSPS) is 24.0. The van der Waals surface area contributed by atoms with E-state index in [1.165, 1.54) is 11.7 Å². The third-order valence-corrected chi connectivity index (χ3v) is 11.1. The zero-order valence-electron chi connectivity index (χ0n) is 31.0. The lowest BCUT2D eigenvalue weighted by atomic mass is 9.85. The molecule has 0 spiro atoms. The van der Waals surface area contributed by atoms with E-state index in [1.54, 1.807) is 11.8 Å². The number of nitrogens with zero attached hydrogens (tertiary/aromatic N) is 4. The van der Waals surface area contributed by atoms with Crippen LogP contribution in [0.3, 0.4) is 0 Å². The van der Waals surface area contributed by atoms with Gasteiger partial charge in [0.05, 0.1) is 13.2 Å².